The van der Waals surface area contributed by atoms with E-state index in [0.29, 0.717) is 18.4 Å². The number of benzene rings is 1. The Labute approximate surface area is 275 Å². The van der Waals surface area contributed by atoms with E-state index in [2.05, 4.69) is 20.9 Å². The van der Waals surface area contributed by atoms with Crippen molar-refractivity contribution in [3.8, 4) is 0 Å². The van der Waals surface area contributed by atoms with Gasteiger partial charge in [-0.25, -0.2) is 4.79 Å². The number of guanidine groups is 1. The van der Waals surface area contributed by atoms with Crippen molar-refractivity contribution in [3.05, 3.63) is 29.8 Å². The number of rotatable bonds is 17. The number of nitrogens with one attached hydrogen (secondary N) is 3. The van der Waals surface area contributed by atoms with Crippen LogP contribution in [0.1, 0.15) is 64.5 Å². The van der Waals surface area contributed by atoms with Gasteiger partial charge < -0.3 is 53.2 Å². The second kappa shape index (κ2) is 18.0. The van der Waals surface area contributed by atoms with Crippen LogP contribution in [0.15, 0.2) is 29.3 Å². The van der Waals surface area contributed by atoms with E-state index in [1.807, 2.05) is 32.8 Å². The third kappa shape index (κ3) is 11.7. The summed E-state index contributed by atoms with van der Waals surface area (Å²) in [5.74, 6) is -3.98. The predicted molar refractivity (Wildman–Crippen MR) is 177 cm³/mol. The van der Waals surface area contributed by atoms with Gasteiger partial charge in [-0.3, -0.25) is 24.2 Å². The highest BCUT2D eigenvalue weighted by Crippen LogP contribution is 2.23. The van der Waals surface area contributed by atoms with Gasteiger partial charge in [0.2, 0.25) is 23.6 Å². The van der Waals surface area contributed by atoms with Gasteiger partial charge in [0.05, 0.1) is 12.1 Å². The molecule has 11 N–H and O–H groups in total. The van der Waals surface area contributed by atoms with E-state index in [1.54, 1.807) is 24.3 Å². The van der Waals surface area contributed by atoms with Gasteiger partial charge in [0.15, 0.2) is 12.0 Å². The number of carbonyl (C=O) groups excluding carboxylic acids is 4. The van der Waals surface area contributed by atoms with E-state index < -0.39 is 65.9 Å². The van der Waals surface area contributed by atoms with Crippen LogP contribution < -0.4 is 38.1 Å². The average molecular weight is 662 g/mol. The zero-order valence-corrected chi connectivity index (χ0v) is 27.8. The van der Waals surface area contributed by atoms with E-state index in [4.69, 9.17) is 17.2 Å². The fraction of sp³-hybridized carbons (Fsp3) is 0.613. The Kier molecular flexibility index (Phi) is 14.9. The molecule has 0 aliphatic carbocycles. The number of nitrogens with zero attached hydrogens (tertiary/aromatic N) is 3. The first-order chi connectivity index (χ1) is 22.0. The molecular formula is C31H51N9O7. The van der Waals surface area contributed by atoms with Gasteiger partial charge in [0.25, 0.3) is 0 Å². The molecule has 1 aromatic carbocycles. The number of amides is 4. The van der Waals surface area contributed by atoms with Crippen LogP contribution >= 0.6 is 0 Å². The van der Waals surface area contributed by atoms with Crippen LogP contribution in [0.5, 0.6) is 0 Å². The van der Waals surface area contributed by atoms with E-state index in [1.165, 1.54) is 11.8 Å². The highest BCUT2D eigenvalue weighted by molar-refractivity contribution is 5.96. The largest absolute Gasteiger partial charge is 0.480 e. The molecule has 2 rings (SSSR count). The Balaban J connectivity index is 2.32. The summed E-state index contributed by atoms with van der Waals surface area (Å²) < 4.78 is 0. The number of carbonyl (C=O) groups is 5. The second-order valence-electron chi connectivity index (χ2n) is 12.4. The standard InChI is InChI=1S/C31H51N9O7/c1-17(2)16-22(29(45)40-15-7-9-23(40)27(43)37-24(18(3)41)30(46)47)36-28(44)25(19-10-12-20(13-11-19)39(4)5)38-26(42)21(32)8-6-14-35-31(33)34/h10-13,17-18,21-25,41H,6-9,14-16,32H2,1-5H3,(H,36,44)(H,37,43)(H,38,42)(H,46,47)(H4,33,34,35)/t18-,21+,22+,23+,24+,25+/m1/s1. The third-order valence-corrected chi connectivity index (χ3v) is 7.80. The fourth-order valence-corrected chi connectivity index (χ4v) is 5.25. The fourth-order valence-electron chi connectivity index (χ4n) is 5.25. The lowest BCUT2D eigenvalue weighted by Gasteiger charge is -2.31. The summed E-state index contributed by atoms with van der Waals surface area (Å²) in [6, 6.07) is 1.22. The van der Waals surface area contributed by atoms with Crippen LogP contribution in [0.3, 0.4) is 0 Å². The molecule has 47 heavy (non-hydrogen) atoms. The first-order valence-corrected chi connectivity index (χ1v) is 15.7. The minimum absolute atomic E-state index is 0.0446. The van der Waals surface area contributed by atoms with Crippen molar-refractivity contribution in [3.63, 3.8) is 0 Å². The van der Waals surface area contributed by atoms with Crippen molar-refractivity contribution in [1.82, 2.24) is 20.9 Å². The smallest absolute Gasteiger partial charge is 0.328 e. The number of anilines is 1. The monoisotopic (exact) mass is 661 g/mol. The molecule has 1 saturated heterocycles. The highest BCUT2D eigenvalue weighted by Gasteiger charge is 2.40. The molecule has 1 aliphatic heterocycles. The molecule has 1 heterocycles. The molecule has 0 aromatic heterocycles. The molecule has 1 aliphatic rings. The maximum atomic E-state index is 13.9. The molecule has 4 amide bonds. The van der Waals surface area contributed by atoms with Gasteiger partial charge in [0, 0.05) is 32.9 Å². The van der Waals surface area contributed by atoms with Crippen molar-refractivity contribution in [1.29, 1.82) is 0 Å². The third-order valence-electron chi connectivity index (χ3n) is 7.80. The zero-order valence-electron chi connectivity index (χ0n) is 27.8. The molecule has 16 nitrogen and oxygen atoms in total. The number of nitrogens with two attached hydrogens (primary N) is 3. The van der Waals surface area contributed by atoms with E-state index in [0.717, 1.165) is 5.69 Å². The molecule has 0 bridgehead atoms. The Morgan fingerprint density at radius 1 is 1.02 bits per heavy atom. The number of carboxylic acid groups (broad SMARTS) is 1. The summed E-state index contributed by atoms with van der Waals surface area (Å²) in [6.07, 6.45) is 0.314. The molecule has 262 valence electrons. The summed E-state index contributed by atoms with van der Waals surface area (Å²) >= 11 is 0. The summed E-state index contributed by atoms with van der Waals surface area (Å²) in [7, 11) is 3.73. The molecule has 0 saturated carbocycles. The second-order valence-corrected chi connectivity index (χ2v) is 12.4. The highest BCUT2D eigenvalue weighted by atomic mass is 16.4. The SMILES string of the molecule is CC(C)C[C@H](NC(=O)[C@@H](NC(=O)[C@@H](N)CCCN=C(N)N)c1ccc(N(C)C)cc1)C(=O)N1CCC[C@H]1C(=O)N[C@H](C(=O)O)[C@@H](C)O. The first kappa shape index (κ1) is 38.7. The Morgan fingerprint density at radius 2 is 1.66 bits per heavy atom. The molecule has 0 unspecified atom stereocenters. The molecule has 6 atom stereocenters. The van der Waals surface area contributed by atoms with Crippen LogP contribution in [-0.4, -0.2) is 108 Å². The van der Waals surface area contributed by atoms with Crippen LogP contribution in [0.2, 0.25) is 0 Å². The topological polar surface area (TPSA) is 259 Å². The summed E-state index contributed by atoms with van der Waals surface area (Å²) in [5, 5.41) is 27.1. The number of aliphatic hydroxyl groups excluding tert-OH is 1. The van der Waals surface area contributed by atoms with Crippen molar-refractivity contribution >= 4 is 41.2 Å². The predicted octanol–water partition coefficient (Wildman–Crippen LogP) is -1.24. The lowest BCUT2D eigenvalue weighted by Crippen LogP contribution is -2.58. The van der Waals surface area contributed by atoms with E-state index in [-0.39, 0.29) is 44.2 Å². The van der Waals surface area contributed by atoms with Crippen molar-refractivity contribution in [2.75, 3.05) is 32.1 Å². The van der Waals surface area contributed by atoms with Gasteiger partial charge in [-0.15, -0.1) is 0 Å². The summed E-state index contributed by atoms with van der Waals surface area (Å²) in [5.41, 5.74) is 18.1. The lowest BCUT2D eigenvalue weighted by molar-refractivity contribution is -0.147. The van der Waals surface area contributed by atoms with Crippen LogP contribution in [0, 0.1) is 5.92 Å². The van der Waals surface area contributed by atoms with Gasteiger partial charge >= 0.3 is 5.97 Å². The van der Waals surface area contributed by atoms with Crippen LogP contribution in [0.25, 0.3) is 0 Å². The molecule has 0 spiro atoms. The quantitative estimate of drug-likeness (QED) is 0.0556. The molecular weight excluding hydrogens is 610 g/mol. The van der Waals surface area contributed by atoms with Gasteiger partial charge in [-0.1, -0.05) is 26.0 Å². The summed E-state index contributed by atoms with van der Waals surface area (Å²) in [4.78, 5) is 72.7. The van der Waals surface area contributed by atoms with Gasteiger partial charge in [0.1, 0.15) is 18.1 Å². The number of hydrogen-bond donors (Lipinski definition) is 8. The minimum Gasteiger partial charge on any atom is -0.480 e. The van der Waals surface area contributed by atoms with Crippen molar-refractivity contribution < 1.29 is 34.2 Å². The lowest BCUT2D eigenvalue weighted by atomic mass is 9.99. The molecule has 0 radical (unpaired) electrons. The van der Waals surface area contributed by atoms with Crippen molar-refractivity contribution in [2.24, 2.45) is 28.1 Å². The molecule has 16 heteroatoms. The summed E-state index contributed by atoms with van der Waals surface area (Å²) in [6.45, 7) is 5.49. The van der Waals surface area contributed by atoms with Crippen LogP contribution in [-0.2, 0) is 24.0 Å². The van der Waals surface area contributed by atoms with Gasteiger partial charge in [-0.2, -0.15) is 0 Å². The number of aliphatic hydroxyl groups is 1. The van der Waals surface area contributed by atoms with E-state index >= 15 is 0 Å². The number of likely N-dealkylation sites (tertiary alicyclic amines) is 1. The Bertz CT molecular complexity index is 1270. The first-order valence-electron chi connectivity index (χ1n) is 15.7. The number of hydrogen-bond acceptors (Lipinski definition) is 9. The minimum atomic E-state index is -1.55. The number of aliphatic imine (C=N–C) groups is 1. The maximum absolute atomic E-state index is 13.9. The Hall–Kier alpha value is -4.44. The van der Waals surface area contributed by atoms with Crippen molar-refractivity contribution in [2.45, 2.75) is 89.2 Å². The normalized spacial score (nSPS) is 17.5. The molecule has 1 aromatic rings. The Morgan fingerprint density at radius 3 is 2.19 bits per heavy atom. The average Bonchev–Trinajstić information content (AvgIpc) is 3.49. The van der Waals surface area contributed by atoms with Crippen LogP contribution in [0.4, 0.5) is 5.69 Å². The van der Waals surface area contributed by atoms with Gasteiger partial charge in [-0.05, 0) is 62.6 Å². The number of carboxylic acids is 1. The zero-order chi connectivity index (χ0) is 35.4. The maximum Gasteiger partial charge on any atom is 0.328 e. The molecule has 1 fully saturated rings. The van der Waals surface area contributed by atoms with E-state index in [9.17, 15) is 34.2 Å². The number of aliphatic carboxylic acids is 1.